The summed E-state index contributed by atoms with van der Waals surface area (Å²) in [6, 6.07) is 11.5. The van der Waals surface area contributed by atoms with Crippen molar-refractivity contribution in [3.05, 3.63) is 63.1 Å². The molecule has 0 aliphatic rings. The first-order valence-corrected chi connectivity index (χ1v) is 6.11. The Kier molecular flexibility index (Phi) is 2.56. The molecule has 0 aliphatic heterocycles. The van der Waals surface area contributed by atoms with Crippen LogP contribution in [-0.4, -0.2) is 9.78 Å². The Balaban J connectivity index is 2.34. The maximum Gasteiger partial charge on any atom is 0.272 e. The molecule has 1 aromatic heterocycles. The standard InChI is InChI=1S/C13H8BrFN2O/c14-8-4-5-12-11(6-8)13(18)16-17(12)10-3-1-2-9(15)7-10/h1-7H,(H,16,18). The molecule has 1 N–H and O–H groups in total. The van der Waals surface area contributed by atoms with E-state index in [9.17, 15) is 9.18 Å². The first-order chi connectivity index (χ1) is 8.65. The normalized spacial score (nSPS) is 11.0. The van der Waals surface area contributed by atoms with E-state index in [1.807, 2.05) is 12.1 Å². The van der Waals surface area contributed by atoms with Crippen LogP contribution in [0.4, 0.5) is 4.39 Å². The molecule has 5 heteroatoms. The van der Waals surface area contributed by atoms with Crippen LogP contribution in [0.15, 0.2) is 51.7 Å². The topological polar surface area (TPSA) is 37.8 Å². The van der Waals surface area contributed by atoms with Crippen molar-refractivity contribution in [1.29, 1.82) is 0 Å². The van der Waals surface area contributed by atoms with Crippen molar-refractivity contribution in [1.82, 2.24) is 9.78 Å². The highest BCUT2D eigenvalue weighted by molar-refractivity contribution is 9.10. The van der Waals surface area contributed by atoms with E-state index in [0.717, 1.165) is 4.47 Å². The molecule has 0 aliphatic carbocycles. The number of nitrogens with one attached hydrogen (secondary N) is 1. The molecule has 0 spiro atoms. The highest BCUT2D eigenvalue weighted by atomic mass is 79.9. The van der Waals surface area contributed by atoms with Crippen LogP contribution in [0.5, 0.6) is 0 Å². The fourth-order valence-corrected chi connectivity index (χ4v) is 2.29. The third-order valence-electron chi connectivity index (χ3n) is 2.72. The quantitative estimate of drug-likeness (QED) is 0.736. The van der Waals surface area contributed by atoms with Gasteiger partial charge in [0.05, 0.1) is 16.6 Å². The Labute approximate surface area is 110 Å². The summed E-state index contributed by atoms with van der Waals surface area (Å²) in [7, 11) is 0. The zero-order chi connectivity index (χ0) is 12.7. The number of H-pyrrole nitrogens is 1. The zero-order valence-electron chi connectivity index (χ0n) is 9.15. The molecular weight excluding hydrogens is 299 g/mol. The minimum absolute atomic E-state index is 0.199. The third-order valence-corrected chi connectivity index (χ3v) is 3.22. The molecule has 3 nitrogen and oxygen atoms in total. The van der Waals surface area contributed by atoms with E-state index in [0.29, 0.717) is 16.6 Å². The number of rotatable bonds is 1. The van der Waals surface area contributed by atoms with Crippen molar-refractivity contribution in [2.75, 3.05) is 0 Å². The van der Waals surface area contributed by atoms with Crippen molar-refractivity contribution in [2.45, 2.75) is 0 Å². The second-order valence-electron chi connectivity index (χ2n) is 3.92. The Hall–Kier alpha value is -1.88. The van der Waals surface area contributed by atoms with E-state index < -0.39 is 0 Å². The summed E-state index contributed by atoms with van der Waals surface area (Å²) in [5.74, 6) is -0.340. The van der Waals surface area contributed by atoms with Crippen LogP contribution in [-0.2, 0) is 0 Å². The molecule has 18 heavy (non-hydrogen) atoms. The largest absolute Gasteiger partial charge is 0.272 e. The first kappa shape index (κ1) is 11.2. The minimum atomic E-state index is -0.340. The fraction of sp³-hybridized carbons (Fsp3) is 0. The molecule has 0 amide bonds. The predicted molar refractivity (Wildman–Crippen MR) is 71.6 cm³/mol. The van der Waals surface area contributed by atoms with Crippen molar-refractivity contribution in [3.63, 3.8) is 0 Å². The van der Waals surface area contributed by atoms with E-state index >= 15 is 0 Å². The molecule has 0 saturated carbocycles. The van der Waals surface area contributed by atoms with Gasteiger partial charge in [0.2, 0.25) is 0 Å². The highest BCUT2D eigenvalue weighted by Crippen LogP contribution is 2.19. The van der Waals surface area contributed by atoms with Gasteiger partial charge in [0.15, 0.2) is 0 Å². The van der Waals surface area contributed by atoms with Crippen molar-refractivity contribution in [2.24, 2.45) is 0 Å². The van der Waals surface area contributed by atoms with Gasteiger partial charge >= 0.3 is 0 Å². The number of aromatic amines is 1. The van der Waals surface area contributed by atoms with Gasteiger partial charge in [0, 0.05) is 4.47 Å². The van der Waals surface area contributed by atoms with Gasteiger partial charge in [-0.1, -0.05) is 22.0 Å². The lowest BCUT2D eigenvalue weighted by atomic mass is 10.2. The molecule has 0 bridgehead atoms. The van der Waals surface area contributed by atoms with Gasteiger partial charge in [-0.2, -0.15) is 0 Å². The maximum absolute atomic E-state index is 13.2. The molecule has 0 unspecified atom stereocenters. The second kappa shape index (κ2) is 4.10. The monoisotopic (exact) mass is 306 g/mol. The fourth-order valence-electron chi connectivity index (χ4n) is 1.93. The molecule has 3 aromatic rings. The average Bonchev–Trinajstić information content (AvgIpc) is 2.67. The Morgan fingerprint density at radius 2 is 2.00 bits per heavy atom. The molecule has 90 valence electrons. The minimum Gasteiger partial charge on any atom is -0.267 e. The maximum atomic E-state index is 13.2. The van der Waals surface area contributed by atoms with Gasteiger partial charge in [0.25, 0.3) is 5.56 Å². The molecule has 0 atom stereocenters. The average molecular weight is 307 g/mol. The van der Waals surface area contributed by atoms with Gasteiger partial charge in [-0.05, 0) is 36.4 Å². The lowest BCUT2D eigenvalue weighted by Crippen LogP contribution is -2.03. The first-order valence-electron chi connectivity index (χ1n) is 5.31. The summed E-state index contributed by atoms with van der Waals surface area (Å²) in [6.45, 7) is 0. The van der Waals surface area contributed by atoms with E-state index in [1.165, 1.54) is 12.1 Å². The Bertz CT molecular complexity index is 791. The zero-order valence-corrected chi connectivity index (χ0v) is 10.7. The van der Waals surface area contributed by atoms with Crippen molar-refractivity contribution >= 4 is 26.8 Å². The molecule has 1 heterocycles. The number of aromatic nitrogens is 2. The van der Waals surface area contributed by atoms with E-state index in [4.69, 9.17) is 0 Å². The van der Waals surface area contributed by atoms with Gasteiger partial charge in [0.1, 0.15) is 5.82 Å². The van der Waals surface area contributed by atoms with Gasteiger partial charge in [-0.25, -0.2) is 4.39 Å². The molecule has 0 saturated heterocycles. The SMILES string of the molecule is O=c1[nH]n(-c2cccc(F)c2)c2ccc(Br)cc12. The van der Waals surface area contributed by atoms with Crippen molar-refractivity contribution < 1.29 is 4.39 Å². The van der Waals surface area contributed by atoms with Gasteiger partial charge in [-0.3, -0.25) is 14.6 Å². The Morgan fingerprint density at radius 1 is 1.17 bits per heavy atom. The number of benzene rings is 2. The summed E-state index contributed by atoms with van der Waals surface area (Å²) in [5, 5.41) is 3.26. The highest BCUT2D eigenvalue weighted by Gasteiger charge is 2.08. The summed E-state index contributed by atoms with van der Waals surface area (Å²) in [5.41, 5.74) is 1.11. The van der Waals surface area contributed by atoms with Crippen LogP contribution in [0.25, 0.3) is 16.6 Å². The summed E-state index contributed by atoms with van der Waals surface area (Å²) < 4.78 is 15.6. The van der Waals surface area contributed by atoms with Gasteiger partial charge < -0.3 is 0 Å². The molecular formula is C13H8BrFN2O. The molecule has 0 fully saturated rings. The Morgan fingerprint density at radius 3 is 2.78 bits per heavy atom. The summed E-state index contributed by atoms with van der Waals surface area (Å²) in [4.78, 5) is 11.8. The molecule has 0 radical (unpaired) electrons. The second-order valence-corrected chi connectivity index (χ2v) is 4.83. The van der Waals surface area contributed by atoms with Crippen LogP contribution in [0.2, 0.25) is 0 Å². The van der Waals surface area contributed by atoms with Crippen molar-refractivity contribution in [3.8, 4) is 5.69 Å². The number of halogens is 2. The number of hydrogen-bond donors (Lipinski definition) is 1. The summed E-state index contributed by atoms with van der Waals surface area (Å²) in [6.07, 6.45) is 0. The lowest BCUT2D eigenvalue weighted by molar-refractivity contribution is 0.625. The summed E-state index contributed by atoms with van der Waals surface area (Å²) >= 11 is 3.32. The van der Waals surface area contributed by atoms with E-state index in [2.05, 4.69) is 21.0 Å². The molecule has 3 rings (SSSR count). The van der Waals surface area contributed by atoms with Crippen LogP contribution >= 0.6 is 15.9 Å². The number of hydrogen-bond acceptors (Lipinski definition) is 1. The van der Waals surface area contributed by atoms with Gasteiger partial charge in [-0.15, -0.1) is 0 Å². The van der Waals surface area contributed by atoms with Crippen LogP contribution in [0.1, 0.15) is 0 Å². The van der Waals surface area contributed by atoms with Crippen LogP contribution in [0.3, 0.4) is 0 Å². The van der Waals surface area contributed by atoms with Crippen LogP contribution in [0, 0.1) is 5.82 Å². The predicted octanol–water partition coefficient (Wildman–Crippen LogP) is 3.22. The van der Waals surface area contributed by atoms with E-state index in [-0.39, 0.29) is 11.4 Å². The van der Waals surface area contributed by atoms with E-state index in [1.54, 1.807) is 22.9 Å². The number of fused-ring (bicyclic) bond motifs is 1. The smallest absolute Gasteiger partial charge is 0.267 e. The van der Waals surface area contributed by atoms with Crippen LogP contribution < -0.4 is 5.56 Å². The third kappa shape index (κ3) is 1.76. The lowest BCUT2D eigenvalue weighted by Gasteiger charge is -2.04. The number of nitrogens with zero attached hydrogens (tertiary/aromatic N) is 1. The molecule has 2 aromatic carbocycles.